The van der Waals surface area contributed by atoms with E-state index in [1.807, 2.05) is 45.9 Å². The molecule has 0 aliphatic heterocycles. The Labute approximate surface area is 135 Å². The summed E-state index contributed by atoms with van der Waals surface area (Å²) in [4.78, 5) is 2.39. The first kappa shape index (κ1) is 14.9. The number of anilines is 1. The summed E-state index contributed by atoms with van der Waals surface area (Å²) < 4.78 is 17.3. The second-order valence-electron chi connectivity index (χ2n) is 8.38. The van der Waals surface area contributed by atoms with Gasteiger partial charge in [-0.3, -0.25) is 0 Å². The van der Waals surface area contributed by atoms with Crippen molar-refractivity contribution in [3.8, 4) is 0 Å². The van der Waals surface area contributed by atoms with E-state index in [2.05, 4.69) is 46.4 Å². The summed E-state index contributed by atoms with van der Waals surface area (Å²) in [5.74, 6) is -1.43. The van der Waals surface area contributed by atoms with E-state index in [-0.39, 0.29) is 11.1 Å². The number of hydrogen-bond donors (Lipinski definition) is 0. The van der Waals surface area contributed by atoms with E-state index in [0.717, 1.165) is 16.8 Å². The number of nitrogens with zero attached hydrogens (tertiary/aromatic N) is 1. The topological polar surface area (TPSA) is 3.24 Å². The molecule has 1 aromatic carbocycles. The summed E-state index contributed by atoms with van der Waals surface area (Å²) in [6, 6.07) is 6.08. The summed E-state index contributed by atoms with van der Waals surface area (Å²) in [6.07, 6.45) is 0. The fourth-order valence-electron chi connectivity index (χ4n) is 3.27. The lowest BCUT2D eigenvalue weighted by Gasteiger charge is -2.49. The van der Waals surface area contributed by atoms with E-state index in [4.69, 9.17) is 2.74 Å². The highest BCUT2D eigenvalue weighted by molar-refractivity contribution is 5.64. The molecule has 120 valence electrons. The molecule has 1 nitrogen and oxygen atoms in total. The first-order chi connectivity index (χ1) is 9.97. The van der Waals surface area contributed by atoms with Gasteiger partial charge in [0.2, 0.25) is 0 Å². The highest BCUT2D eigenvalue weighted by Gasteiger charge is 2.35. The molecule has 0 spiro atoms. The molecule has 0 unspecified atom stereocenters. The van der Waals surface area contributed by atoms with Crippen LogP contribution < -0.4 is 4.90 Å². The van der Waals surface area contributed by atoms with Crippen molar-refractivity contribution in [1.29, 1.82) is 0 Å². The smallest absolute Gasteiger partial charge is 0.0445 e. The lowest BCUT2D eigenvalue weighted by molar-refractivity contribution is 0.377. The zero-order valence-electron chi connectivity index (χ0n) is 17.7. The van der Waals surface area contributed by atoms with Crippen molar-refractivity contribution in [2.45, 2.75) is 92.1 Å². The van der Waals surface area contributed by atoms with Crippen molar-refractivity contribution in [2.75, 3.05) is 4.90 Å². The molecule has 0 heterocycles. The molecule has 1 aromatic rings. The van der Waals surface area contributed by atoms with Crippen LogP contribution in [-0.4, -0.2) is 11.1 Å². The first-order valence-electron chi connectivity index (χ1n) is 8.91. The SMILES string of the molecule is [2H]C(C)(C)c1cccc(C([2H])(C)C)c1N(C(C)(C)C)C(C)(C)C. The highest BCUT2D eigenvalue weighted by Crippen LogP contribution is 2.42. The molecule has 0 aromatic heterocycles. The fraction of sp³-hybridized carbons (Fsp3) is 0.700. The van der Waals surface area contributed by atoms with Gasteiger partial charge in [-0.25, -0.2) is 0 Å². The van der Waals surface area contributed by atoms with Crippen LogP contribution in [-0.2, 0) is 0 Å². The summed E-state index contributed by atoms with van der Waals surface area (Å²) in [7, 11) is 0. The van der Waals surface area contributed by atoms with Gasteiger partial charge in [-0.2, -0.15) is 0 Å². The number of hydrogen-bond acceptors (Lipinski definition) is 1. The second kappa shape index (κ2) is 6.02. The van der Waals surface area contributed by atoms with Gasteiger partial charge in [0, 0.05) is 19.5 Å². The Bertz CT molecular complexity index is 503. The second-order valence-corrected chi connectivity index (χ2v) is 8.38. The zero-order valence-corrected chi connectivity index (χ0v) is 15.7. The zero-order chi connectivity index (χ0) is 18.4. The monoisotopic (exact) mass is 291 g/mol. The minimum Gasteiger partial charge on any atom is -0.361 e. The molecule has 0 aliphatic rings. The van der Waals surface area contributed by atoms with Gasteiger partial charge < -0.3 is 4.90 Å². The Balaban J connectivity index is 3.91. The molecule has 0 amide bonds. The van der Waals surface area contributed by atoms with Gasteiger partial charge in [-0.1, -0.05) is 45.9 Å². The minimum absolute atomic E-state index is 0.112. The van der Waals surface area contributed by atoms with Gasteiger partial charge in [0.25, 0.3) is 0 Å². The molecule has 0 saturated carbocycles. The molecule has 0 radical (unpaired) electrons. The van der Waals surface area contributed by atoms with E-state index < -0.39 is 11.8 Å². The van der Waals surface area contributed by atoms with Gasteiger partial charge in [0.05, 0.1) is 0 Å². The van der Waals surface area contributed by atoms with Crippen molar-refractivity contribution in [3.05, 3.63) is 29.3 Å². The molecule has 0 saturated heterocycles. The normalized spacial score (nSPS) is 15.5. The summed E-state index contributed by atoms with van der Waals surface area (Å²) in [5.41, 5.74) is 2.80. The van der Waals surface area contributed by atoms with Gasteiger partial charge >= 0.3 is 0 Å². The maximum Gasteiger partial charge on any atom is 0.0445 e. The Morgan fingerprint density at radius 1 is 0.810 bits per heavy atom. The van der Waals surface area contributed by atoms with E-state index >= 15 is 0 Å². The lowest BCUT2D eigenvalue weighted by Crippen LogP contribution is -2.53. The van der Waals surface area contributed by atoms with Crippen LogP contribution >= 0.6 is 0 Å². The van der Waals surface area contributed by atoms with Gasteiger partial charge in [0.1, 0.15) is 0 Å². The van der Waals surface area contributed by atoms with Gasteiger partial charge in [-0.05, 0) is 64.5 Å². The van der Waals surface area contributed by atoms with Crippen LogP contribution in [0.5, 0.6) is 0 Å². The maximum atomic E-state index is 8.63. The van der Waals surface area contributed by atoms with Crippen molar-refractivity contribution in [3.63, 3.8) is 0 Å². The summed E-state index contributed by atoms with van der Waals surface area (Å²) >= 11 is 0. The van der Waals surface area contributed by atoms with E-state index in [0.29, 0.717) is 0 Å². The summed E-state index contributed by atoms with van der Waals surface area (Å²) in [6.45, 7) is 20.9. The van der Waals surface area contributed by atoms with Crippen LogP contribution in [0.1, 0.15) is 94.9 Å². The third-order valence-electron chi connectivity index (χ3n) is 3.68. The van der Waals surface area contributed by atoms with Crippen LogP contribution in [0.3, 0.4) is 0 Å². The van der Waals surface area contributed by atoms with Crippen LogP contribution in [0, 0.1) is 0 Å². The number of benzene rings is 1. The predicted octanol–water partition coefficient (Wildman–Crippen LogP) is 6.34. The standard InChI is InChI=1S/C20H35N/c1-14(2)16-12-11-13-17(15(3)4)18(16)21(19(5,6)7)20(8,9)10/h11-15H,1-10H3/i14D,15D. The molecule has 0 N–H and O–H groups in total. The van der Waals surface area contributed by atoms with Crippen LogP contribution in [0.15, 0.2) is 18.2 Å². The average molecular weight is 292 g/mol. The van der Waals surface area contributed by atoms with Gasteiger partial charge in [0.15, 0.2) is 0 Å². The number of rotatable bonds is 3. The van der Waals surface area contributed by atoms with Gasteiger partial charge in [-0.15, -0.1) is 0 Å². The highest BCUT2D eigenvalue weighted by atomic mass is 15.2. The Morgan fingerprint density at radius 3 is 1.38 bits per heavy atom. The molecule has 0 fully saturated rings. The van der Waals surface area contributed by atoms with E-state index in [1.54, 1.807) is 0 Å². The molecule has 1 rings (SSSR count). The predicted molar refractivity (Wildman–Crippen MR) is 96.6 cm³/mol. The Hall–Kier alpha value is -0.980. The van der Waals surface area contributed by atoms with E-state index in [1.165, 1.54) is 0 Å². The van der Waals surface area contributed by atoms with Crippen LogP contribution in [0.2, 0.25) is 0 Å². The molecular weight excluding hydrogens is 254 g/mol. The fourth-order valence-corrected chi connectivity index (χ4v) is 3.27. The van der Waals surface area contributed by atoms with Crippen molar-refractivity contribution in [1.82, 2.24) is 0 Å². The minimum atomic E-state index is -0.717. The summed E-state index contributed by atoms with van der Waals surface area (Å²) in [5, 5.41) is 0. The lowest BCUT2D eigenvalue weighted by atomic mass is 9.86. The van der Waals surface area contributed by atoms with Crippen LogP contribution in [0.25, 0.3) is 0 Å². The first-order valence-corrected chi connectivity index (χ1v) is 7.91. The molecule has 0 atom stereocenters. The van der Waals surface area contributed by atoms with Crippen molar-refractivity contribution >= 4 is 5.69 Å². The number of para-hydroxylation sites is 1. The molecular formula is C20H35N. The molecule has 0 bridgehead atoms. The quantitative estimate of drug-likeness (QED) is 0.628. The Kier molecular flexibility index (Phi) is 4.28. The van der Waals surface area contributed by atoms with Crippen LogP contribution in [0.4, 0.5) is 5.69 Å². The average Bonchev–Trinajstić information content (AvgIpc) is 2.21. The third kappa shape index (κ3) is 4.02. The molecule has 0 aliphatic carbocycles. The third-order valence-corrected chi connectivity index (χ3v) is 3.68. The maximum absolute atomic E-state index is 8.63. The van der Waals surface area contributed by atoms with Crippen molar-refractivity contribution < 1.29 is 2.74 Å². The largest absolute Gasteiger partial charge is 0.361 e. The van der Waals surface area contributed by atoms with E-state index in [9.17, 15) is 0 Å². The van der Waals surface area contributed by atoms with Crippen molar-refractivity contribution in [2.24, 2.45) is 0 Å². The Morgan fingerprint density at radius 2 is 1.14 bits per heavy atom. The molecule has 1 heteroatoms. The molecule has 21 heavy (non-hydrogen) atoms.